The molecule has 1 aromatic carbocycles. The molecule has 2 aromatic rings. The average Bonchev–Trinajstić information content (AvgIpc) is 2.56. The van der Waals surface area contributed by atoms with Crippen molar-refractivity contribution >= 4 is 11.7 Å². The zero-order valence-electron chi connectivity index (χ0n) is 13.3. The van der Waals surface area contributed by atoms with Crippen LogP contribution in [0.1, 0.15) is 34.1 Å². The number of benzene rings is 1. The summed E-state index contributed by atoms with van der Waals surface area (Å²) in [7, 11) is 0. The number of hydrogen-bond donors (Lipinski definition) is 0. The number of rotatable bonds is 3. The van der Waals surface area contributed by atoms with E-state index in [-0.39, 0.29) is 5.82 Å². The third kappa shape index (κ3) is 3.04. The molecule has 0 saturated carbocycles. The van der Waals surface area contributed by atoms with Crippen LogP contribution in [0.15, 0.2) is 30.5 Å². The molecule has 1 aliphatic rings. The summed E-state index contributed by atoms with van der Waals surface area (Å²) in [6.07, 6.45) is 2.44. The summed E-state index contributed by atoms with van der Waals surface area (Å²) in [6.45, 7) is 5.16. The summed E-state index contributed by atoms with van der Waals surface area (Å²) in [6, 6.07) is 7.22. The van der Waals surface area contributed by atoms with Gasteiger partial charge in [0.15, 0.2) is 0 Å². The van der Waals surface area contributed by atoms with Crippen LogP contribution in [0.4, 0.5) is 10.1 Å². The van der Waals surface area contributed by atoms with Crippen LogP contribution in [0.25, 0.3) is 0 Å². The summed E-state index contributed by atoms with van der Waals surface area (Å²) >= 11 is 0. The van der Waals surface area contributed by atoms with Gasteiger partial charge >= 0.3 is 5.97 Å². The fourth-order valence-corrected chi connectivity index (χ4v) is 2.84. The molecular weight excluding hydrogens is 295 g/mol. The fourth-order valence-electron chi connectivity index (χ4n) is 2.84. The van der Waals surface area contributed by atoms with Crippen molar-refractivity contribution in [2.45, 2.75) is 26.8 Å². The topological polar surface area (TPSA) is 42.4 Å². The lowest BCUT2D eigenvalue weighted by atomic mass is 10.00. The Morgan fingerprint density at radius 3 is 3.00 bits per heavy atom. The molecule has 0 fully saturated rings. The Balaban J connectivity index is 1.84. The summed E-state index contributed by atoms with van der Waals surface area (Å²) in [5.41, 5.74) is 3.69. The number of aryl methyl sites for hydroxylation is 1. The first-order valence-electron chi connectivity index (χ1n) is 7.75. The maximum atomic E-state index is 14.3. The van der Waals surface area contributed by atoms with Crippen molar-refractivity contribution < 1.29 is 13.9 Å². The van der Waals surface area contributed by atoms with E-state index < -0.39 is 5.97 Å². The molecule has 0 amide bonds. The minimum atomic E-state index is -0.401. The number of pyridine rings is 1. The maximum Gasteiger partial charge on any atom is 0.356 e. The highest BCUT2D eigenvalue weighted by Gasteiger charge is 2.21. The first kappa shape index (κ1) is 15.5. The maximum absolute atomic E-state index is 14.3. The normalized spacial score (nSPS) is 13.6. The predicted octanol–water partition coefficient (Wildman–Crippen LogP) is 3.27. The Labute approximate surface area is 134 Å². The van der Waals surface area contributed by atoms with Crippen molar-refractivity contribution in [1.82, 2.24) is 4.98 Å². The van der Waals surface area contributed by atoms with E-state index in [9.17, 15) is 9.18 Å². The molecule has 120 valence electrons. The highest BCUT2D eigenvalue weighted by molar-refractivity contribution is 5.87. The Kier molecular flexibility index (Phi) is 4.28. The summed E-state index contributed by atoms with van der Waals surface area (Å²) in [5.74, 6) is -0.575. The van der Waals surface area contributed by atoms with Gasteiger partial charge in [-0.25, -0.2) is 14.2 Å². The minimum absolute atomic E-state index is 0.174. The third-order valence-electron chi connectivity index (χ3n) is 4.09. The largest absolute Gasteiger partial charge is 0.461 e. The van der Waals surface area contributed by atoms with Crippen molar-refractivity contribution in [2.24, 2.45) is 0 Å². The van der Waals surface area contributed by atoms with Crippen LogP contribution >= 0.6 is 0 Å². The Bertz CT molecular complexity index is 746. The van der Waals surface area contributed by atoms with Crippen molar-refractivity contribution in [1.29, 1.82) is 0 Å². The van der Waals surface area contributed by atoms with E-state index in [1.54, 1.807) is 38.2 Å². The van der Waals surface area contributed by atoms with Crippen molar-refractivity contribution in [3.63, 3.8) is 0 Å². The minimum Gasteiger partial charge on any atom is -0.461 e. The van der Waals surface area contributed by atoms with Crippen molar-refractivity contribution in [3.05, 3.63) is 58.7 Å². The number of aromatic nitrogens is 1. The number of hydrogen-bond acceptors (Lipinski definition) is 4. The van der Waals surface area contributed by atoms with Gasteiger partial charge in [-0.1, -0.05) is 12.1 Å². The van der Waals surface area contributed by atoms with Gasteiger partial charge in [-0.2, -0.15) is 0 Å². The van der Waals surface area contributed by atoms with Crippen molar-refractivity contribution in [2.75, 3.05) is 18.1 Å². The van der Waals surface area contributed by atoms with Gasteiger partial charge in [-0.05, 0) is 49.1 Å². The number of halogens is 1. The van der Waals surface area contributed by atoms with Gasteiger partial charge in [0.05, 0.1) is 12.3 Å². The van der Waals surface area contributed by atoms with Crippen LogP contribution in [0, 0.1) is 12.7 Å². The molecule has 23 heavy (non-hydrogen) atoms. The second-order valence-electron chi connectivity index (χ2n) is 5.64. The lowest BCUT2D eigenvalue weighted by Gasteiger charge is -2.31. The number of nitrogens with zero attached hydrogens (tertiary/aromatic N) is 2. The lowest BCUT2D eigenvalue weighted by molar-refractivity contribution is 0.0519. The molecule has 0 aliphatic carbocycles. The highest BCUT2D eigenvalue weighted by Crippen LogP contribution is 2.28. The van der Waals surface area contributed by atoms with E-state index in [2.05, 4.69) is 4.98 Å². The number of anilines is 1. The Morgan fingerprint density at radius 1 is 1.39 bits per heavy atom. The van der Waals surface area contributed by atoms with E-state index in [1.165, 1.54) is 0 Å². The second-order valence-corrected chi connectivity index (χ2v) is 5.64. The molecule has 0 unspecified atom stereocenters. The Hall–Kier alpha value is -2.43. The molecule has 0 radical (unpaired) electrons. The number of fused-ring (bicyclic) bond motifs is 1. The molecule has 3 rings (SSSR count). The van der Waals surface area contributed by atoms with E-state index >= 15 is 0 Å². The van der Waals surface area contributed by atoms with E-state index in [0.29, 0.717) is 36.6 Å². The third-order valence-corrected chi connectivity index (χ3v) is 4.09. The van der Waals surface area contributed by atoms with Gasteiger partial charge in [-0.3, -0.25) is 0 Å². The van der Waals surface area contributed by atoms with E-state index in [4.69, 9.17) is 4.74 Å². The van der Waals surface area contributed by atoms with Gasteiger partial charge in [0.2, 0.25) is 0 Å². The molecule has 0 saturated heterocycles. The fraction of sp³-hybridized carbons (Fsp3) is 0.333. The van der Waals surface area contributed by atoms with Crippen LogP contribution in [0.5, 0.6) is 0 Å². The number of carbonyl (C=O) groups excluding carboxylic acids is 1. The Morgan fingerprint density at radius 2 is 2.22 bits per heavy atom. The van der Waals surface area contributed by atoms with E-state index in [0.717, 1.165) is 17.5 Å². The van der Waals surface area contributed by atoms with E-state index in [1.807, 2.05) is 11.0 Å². The number of ether oxygens (including phenoxy) is 1. The van der Waals surface area contributed by atoms with Crippen LogP contribution in [-0.2, 0) is 17.7 Å². The molecule has 1 aromatic heterocycles. The number of carbonyl (C=O) groups is 1. The van der Waals surface area contributed by atoms with Crippen molar-refractivity contribution in [3.8, 4) is 0 Å². The molecule has 2 heterocycles. The van der Waals surface area contributed by atoms with Gasteiger partial charge < -0.3 is 9.64 Å². The van der Waals surface area contributed by atoms with Crippen LogP contribution in [0.3, 0.4) is 0 Å². The van der Waals surface area contributed by atoms with Crippen LogP contribution in [0.2, 0.25) is 0 Å². The van der Waals surface area contributed by atoms with Gasteiger partial charge in [0.1, 0.15) is 11.5 Å². The molecular formula is C18H19FN2O2. The lowest BCUT2D eigenvalue weighted by Crippen LogP contribution is -2.31. The zero-order valence-corrected chi connectivity index (χ0v) is 13.3. The molecule has 0 atom stereocenters. The predicted molar refractivity (Wildman–Crippen MR) is 86.1 cm³/mol. The summed E-state index contributed by atoms with van der Waals surface area (Å²) < 4.78 is 19.3. The molecule has 5 heteroatoms. The second kappa shape index (κ2) is 6.36. The molecule has 0 bridgehead atoms. The highest BCUT2D eigenvalue weighted by atomic mass is 19.1. The first-order chi connectivity index (χ1) is 11.1. The van der Waals surface area contributed by atoms with Gasteiger partial charge in [-0.15, -0.1) is 0 Å². The summed E-state index contributed by atoms with van der Waals surface area (Å²) in [5, 5.41) is 0. The molecule has 0 N–H and O–H groups in total. The molecule has 1 aliphatic heterocycles. The van der Waals surface area contributed by atoms with Crippen LogP contribution < -0.4 is 4.90 Å². The van der Waals surface area contributed by atoms with Gasteiger partial charge in [0, 0.05) is 19.3 Å². The SMILES string of the molecule is CCOC(=O)c1cc2c(cn1)CN(c1cccc(C)c1F)CC2. The van der Waals surface area contributed by atoms with Crippen LogP contribution in [-0.4, -0.2) is 24.1 Å². The molecule has 4 nitrogen and oxygen atoms in total. The smallest absolute Gasteiger partial charge is 0.356 e. The number of esters is 1. The monoisotopic (exact) mass is 314 g/mol. The standard InChI is InChI=1S/C18H19FN2O2/c1-3-23-18(22)15-9-13-7-8-21(11-14(13)10-20-15)16-6-4-5-12(2)17(16)19/h4-6,9-10H,3,7-8,11H2,1-2H3. The first-order valence-corrected chi connectivity index (χ1v) is 7.75. The zero-order chi connectivity index (χ0) is 16.4. The quantitative estimate of drug-likeness (QED) is 0.816. The average molecular weight is 314 g/mol. The molecule has 0 spiro atoms. The summed E-state index contributed by atoms with van der Waals surface area (Å²) in [4.78, 5) is 17.9. The van der Waals surface area contributed by atoms with Gasteiger partial charge in [0.25, 0.3) is 0 Å².